The number of ketones is 2. The molecule has 0 spiro atoms. The Morgan fingerprint density at radius 1 is 0.684 bits per heavy atom. The van der Waals surface area contributed by atoms with E-state index in [1.807, 2.05) is 12.2 Å². The summed E-state index contributed by atoms with van der Waals surface area (Å²) in [6.45, 7) is 2.93. The first-order valence-electron chi connectivity index (χ1n) is 21.6. The van der Waals surface area contributed by atoms with Gasteiger partial charge in [0.05, 0.1) is 13.2 Å². The zero-order valence-corrected chi connectivity index (χ0v) is 34.3. The molecule has 0 radical (unpaired) electrons. The molecule has 10 atom stereocenters. The lowest BCUT2D eigenvalue weighted by atomic mass is 9.87. The highest BCUT2D eigenvalue weighted by Gasteiger charge is 2.44. The van der Waals surface area contributed by atoms with E-state index in [2.05, 4.69) is 38.2 Å². The topological polar surface area (TPSA) is 186 Å². The van der Waals surface area contributed by atoms with Gasteiger partial charge in [0, 0.05) is 24.7 Å². The van der Waals surface area contributed by atoms with Crippen molar-refractivity contribution < 1.29 is 58.6 Å². The molecule has 0 bridgehead atoms. The van der Waals surface area contributed by atoms with Gasteiger partial charge in [-0.1, -0.05) is 102 Å². The normalized spacial score (nSPS) is 27.9. The maximum atomic E-state index is 12.8. The number of carbonyl (C=O) groups is 4. The standard InChI is InChI=1S/C45H70O12/c1-3-5-13-21-35-32(25-27-37(35)47)19-15-9-7-11-17-23-40(49)54-30-34(31-55-45-44(53)43(52)42(51)39(29-46)57-45)56-41(50)24-18-12-8-10-16-20-33-26-28-38(48)36(33)22-14-6-4-2/h5-6,13-14,25-28,32-36,39,42-46,51-53H,3-4,7-12,15-24,29-31H2,1-2H3. The number of hydrogen-bond donors (Lipinski definition) is 4. The van der Waals surface area contributed by atoms with Crippen molar-refractivity contribution >= 4 is 23.5 Å². The highest BCUT2D eigenvalue weighted by Crippen LogP contribution is 2.32. The largest absolute Gasteiger partial charge is 0.462 e. The summed E-state index contributed by atoms with van der Waals surface area (Å²) in [4.78, 5) is 50.0. The Kier molecular flexibility index (Phi) is 23.5. The maximum absolute atomic E-state index is 12.8. The van der Waals surface area contributed by atoms with Gasteiger partial charge in [-0.05, 0) is 75.4 Å². The SMILES string of the molecule is CCC=CCC1C(=O)C=CC1CCCCCCCC(=O)OCC(COC1OC(CO)C(O)C(O)C1O)OC(=O)CCCCCCCC1C=CC(=O)C1CC=CCC. The first kappa shape index (κ1) is 48.4. The van der Waals surface area contributed by atoms with Crippen LogP contribution in [0.3, 0.4) is 0 Å². The fraction of sp³-hybridized carbons (Fsp3) is 0.733. The van der Waals surface area contributed by atoms with E-state index in [1.54, 1.807) is 12.2 Å². The molecular formula is C45H70O12. The molecule has 1 fully saturated rings. The number of rotatable bonds is 29. The first-order chi connectivity index (χ1) is 27.6. The molecule has 2 aliphatic carbocycles. The van der Waals surface area contributed by atoms with Crippen molar-refractivity contribution in [2.75, 3.05) is 19.8 Å². The van der Waals surface area contributed by atoms with Gasteiger partial charge < -0.3 is 39.4 Å². The van der Waals surface area contributed by atoms with Crippen LogP contribution in [0, 0.1) is 23.7 Å². The van der Waals surface area contributed by atoms with Crippen LogP contribution in [0.25, 0.3) is 0 Å². The summed E-state index contributed by atoms with van der Waals surface area (Å²) in [6, 6.07) is 0. The summed E-state index contributed by atoms with van der Waals surface area (Å²) in [5.74, 6) is 0.157. The lowest BCUT2D eigenvalue weighted by molar-refractivity contribution is -0.305. The molecule has 0 aromatic carbocycles. The van der Waals surface area contributed by atoms with Crippen molar-refractivity contribution in [3.8, 4) is 0 Å². The van der Waals surface area contributed by atoms with Gasteiger partial charge in [0.2, 0.25) is 0 Å². The highest BCUT2D eigenvalue weighted by molar-refractivity contribution is 5.95. The predicted octanol–water partition coefficient (Wildman–Crippen LogP) is 6.17. The van der Waals surface area contributed by atoms with E-state index in [4.69, 9.17) is 18.9 Å². The zero-order chi connectivity index (χ0) is 41.4. The second-order valence-corrected chi connectivity index (χ2v) is 15.7. The molecule has 0 aromatic heterocycles. The van der Waals surface area contributed by atoms with E-state index < -0.39 is 55.4 Å². The van der Waals surface area contributed by atoms with Gasteiger partial charge in [-0.3, -0.25) is 19.2 Å². The van der Waals surface area contributed by atoms with E-state index >= 15 is 0 Å². The molecule has 10 unspecified atom stereocenters. The Hall–Kier alpha value is -3.00. The van der Waals surface area contributed by atoms with Gasteiger partial charge in [-0.2, -0.15) is 0 Å². The second-order valence-electron chi connectivity index (χ2n) is 15.7. The molecule has 0 amide bonds. The molecular weight excluding hydrogens is 732 g/mol. The molecule has 4 N–H and O–H groups in total. The third kappa shape index (κ3) is 17.4. The molecule has 322 valence electrons. The van der Waals surface area contributed by atoms with Crippen LogP contribution >= 0.6 is 0 Å². The highest BCUT2D eigenvalue weighted by atomic mass is 16.7. The molecule has 3 rings (SSSR count). The lowest BCUT2D eigenvalue weighted by Gasteiger charge is -2.39. The molecule has 3 aliphatic rings. The van der Waals surface area contributed by atoms with E-state index in [1.165, 1.54) is 0 Å². The van der Waals surface area contributed by atoms with Crippen LogP contribution in [0.1, 0.15) is 129 Å². The molecule has 0 aromatic rings. The summed E-state index contributed by atoms with van der Waals surface area (Å²) in [5.41, 5.74) is 0. The van der Waals surface area contributed by atoms with Crippen molar-refractivity contribution in [1.82, 2.24) is 0 Å². The number of hydrogen-bond acceptors (Lipinski definition) is 12. The van der Waals surface area contributed by atoms with Gasteiger partial charge in [0.25, 0.3) is 0 Å². The summed E-state index contributed by atoms with van der Waals surface area (Å²) in [5, 5.41) is 40.1. The average molecular weight is 803 g/mol. The third-order valence-electron chi connectivity index (χ3n) is 11.2. The minimum absolute atomic E-state index is 0.0425. The summed E-state index contributed by atoms with van der Waals surface area (Å²) in [7, 11) is 0. The quantitative estimate of drug-likeness (QED) is 0.0383. The van der Waals surface area contributed by atoms with Crippen LogP contribution in [0.5, 0.6) is 0 Å². The molecule has 0 saturated carbocycles. The minimum Gasteiger partial charge on any atom is -0.462 e. The monoisotopic (exact) mass is 802 g/mol. The molecule has 1 heterocycles. The molecule has 1 aliphatic heterocycles. The fourth-order valence-electron chi connectivity index (χ4n) is 7.76. The Morgan fingerprint density at radius 2 is 1.19 bits per heavy atom. The third-order valence-corrected chi connectivity index (χ3v) is 11.2. The van der Waals surface area contributed by atoms with Crippen molar-refractivity contribution in [3.05, 3.63) is 48.6 Å². The molecule has 1 saturated heterocycles. The lowest BCUT2D eigenvalue weighted by Crippen LogP contribution is -2.59. The summed E-state index contributed by atoms with van der Waals surface area (Å²) in [6.07, 6.45) is 22.2. The second kappa shape index (κ2) is 27.6. The van der Waals surface area contributed by atoms with Gasteiger partial charge in [0.15, 0.2) is 24.0 Å². The Balaban J connectivity index is 1.36. The fourth-order valence-corrected chi connectivity index (χ4v) is 7.76. The number of allylic oxidation sites excluding steroid dienone is 8. The van der Waals surface area contributed by atoms with E-state index in [0.29, 0.717) is 12.8 Å². The van der Waals surface area contributed by atoms with Crippen LogP contribution in [0.15, 0.2) is 48.6 Å². The Bertz CT molecular complexity index is 1320. The average Bonchev–Trinajstić information content (AvgIpc) is 3.74. The summed E-state index contributed by atoms with van der Waals surface area (Å²) >= 11 is 0. The Labute approximate surface area is 339 Å². The first-order valence-corrected chi connectivity index (χ1v) is 21.6. The van der Waals surface area contributed by atoms with E-state index in [9.17, 15) is 39.6 Å². The number of aliphatic hydroxyl groups is 4. The van der Waals surface area contributed by atoms with Crippen LogP contribution in [-0.4, -0.2) is 101 Å². The molecule has 12 nitrogen and oxygen atoms in total. The smallest absolute Gasteiger partial charge is 0.306 e. The number of ether oxygens (including phenoxy) is 4. The van der Waals surface area contributed by atoms with Gasteiger partial charge in [-0.25, -0.2) is 0 Å². The molecule has 12 heteroatoms. The van der Waals surface area contributed by atoms with Crippen molar-refractivity contribution in [2.24, 2.45) is 23.7 Å². The zero-order valence-electron chi connectivity index (χ0n) is 34.3. The van der Waals surface area contributed by atoms with Gasteiger partial charge >= 0.3 is 11.9 Å². The van der Waals surface area contributed by atoms with E-state index in [-0.39, 0.29) is 61.3 Å². The predicted molar refractivity (Wildman–Crippen MR) is 216 cm³/mol. The number of carbonyl (C=O) groups excluding carboxylic acids is 4. The van der Waals surface area contributed by atoms with Crippen LogP contribution in [0.4, 0.5) is 0 Å². The van der Waals surface area contributed by atoms with E-state index in [0.717, 1.165) is 89.9 Å². The van der Waals surface area contributed by atoms with Crippen molar-refractivity contribution in [2.45, 2.75) is 166 Å². The molecule has 57 heavy (non-hydrogen) atoms. The van der Waals surface area contributed by atoms with Crippen molar-refractivity contribution in [1.29, 1.82) is 0 Å². The number of esters is 2. The van der Waals surface area contributed by atoms with Crippen molar-refractivity contribution in [3.63, 3.8) is 0 Å². The van der Waals surface area contributed by atoms with Gasteiger partial charge in [-0.15, -0.1) is 0 Å². The minimum atomic E-state index is -1.63. The van der Waals surface area contributed by atoms with Crippen LogP contribution in [-0.2, 0) is 38.1 Å². The number of aliphatic hydroxyl groups excluding tert-OH is 4. The number of unbranched alkanes of at least 4 members (excludes halogenated alkanes) is 8. The van der Waals surface area contributed by atoms with Gasteiger partial charge in [0.1, 0.15) is 31.0 Å². The van der Waals surface area contributed by atoms with Crippen LogP contribution in [0.2, 0.25) is 0 Å². The summed E-state index contributed by atoms with van der Waals surface area (Å²) < 4.78 is 22.1. The Morgan fingerprint density at radius 3 is 1.72 bits per heavy atom. The maximum Gasteiger partial charge on any atom is 0.306 e. The van der Waals surface area contributed by atoms with Crippen LogP contribution < -0.4 is 0 Å².